The van der Waals surface area contributed by atoms with Crippen LogP contribution in [0.25, 0.3) is 0 Å². The van der Waals surface area contributed by atoms with Crippen LogP contribution in [0.15, 0.2) is 46.9 Å². The highest BCUT2D eigenvalue weighted by Crippen LogP contribution is 2.20. The summed E-state index contributed by atoms with van der Waals surface area (Å²) in [5.74, 6) is -0.165. The molecule has 106 valence electrons. The molecule has 0 aliphatic carbocycles. The van der Waals surface area contributed by atoms with E-state index in [1.807, 2.05) is 32.2 Å². The average Bonchev–Trinajstić information content (AvgIpc) is 2.44. The third kappa shape index (κ3) is 3.90. The third-order valence-corrected chi connectivity index (χ3v) is 4.38. The Bertz CT molecular complexity index is 583. The van der Waals surface area contributed by atoms with Gasteiger partial charge in [0.2, 0.25) is 0 Å². The second-order valence-electron chi connectivity index (χ2n) is 5.06. The minimum atomic E-state index is -0.165. The van der Waals surface area contributed by atoms with Crippen molar-refractivity contribution in [2.24, 2.45) is 0 Å². The molecule has 20 heavy (non-hydrogen) atoms. The maximum atomic E-state index is 13.4. The van der Waals surface area contributed by atoms with Gasteiger partial charge in [-0.2, -0.15) is 0 Å². The van der Waals surface area contributed by atoms with Gasteiger partial charge >= 0.3 is 0 Å². The highest BCUT2D eigenvalue weighted by molar-refractivity contribution is 9.10. The number of benzene rings is 2. The third-order valence-electron chi connectivity index (χ3n) is 3.61. The second kappa shape index (κ2) is 7.00. The van der Waals surface area contributed by atoms with Crippen molar-refractivity contribution in [3.05, 3.63) is 69.4 Å². The molecule has 0 saturated carbocycles. The van der Waals surface area contributed by atoms with E-state index in [1.165, 1.54) is 11.6 Å². The van der Waals surface area contributed by atoms with Gasteiger partial charge in [0.05, 0.1) is 0 Å². The molecule has 0 amide bonds. The molecule has 1 unspecified atom stereocenters. The molecular formula is C17H19BrFN. The summed E-state index contributed by atoms with van der Waals surface area (Å²) in [7, 11) is 1.95. The van der Waals surface area contributed by atoms with Crippen molar-refractivity contribution in [1.29, 1.82) is 0 Å². The lowest BCUT2D eigenvalue weighted by molar-refractivity contribution is 0.550. The fourth-order valence-corrected chi connectivity index (χ4v) is 2.78. The summed E-state index contributed by atoms with van der Waals surface area (Å²) in [5, 5.41) is 3.33. The van der Waals surface area contributed by atoms with Crippen molar-refractivity contribution >= 4 is 15.9 Å². The van der Waals surface area contributed by atoms with E-state index in [1.54, 1.807) is 6.07 Å². The molecule has 1 N–H and O–H groups in total. The van der Waals surface area contributed by atoms with Crippen molar-refractivity contribution in [3.63, 3.8) is 0 Å². The molecule has 0 bridgehead atoms. The second-order valence-corrected chi connectivity index (χ2v) is 5.91. The van der Waals surface area contributed by atoms with Crippen LogP contribution in [0.2, 0.25) is 0 Å². The summed E-state index contributed by atoms with van der Waals surface area (Å²) in [6.07, 6.45) is 1.73. The van der Waals surface area contributed by atoms with Crippen molar-refractivity contribution in [2.45, 2.75) is 25.8 Å². The minimum absolute atomic E-state index is 0.165. The van der Waals surface area contributed by atoms with Gasteiger partial charge < -0.3 is 5.32 Å². The molecule has 1 atom stereocenters. The number of hydrogen-bond acceptors (Lipinski definition) is 1. The Hall–Kier alpha value is -1.19. The predicted octanol–water partition coefficient (Wildman–Crippen LogP) is 4.27. The first-order valence-electron chi connectivity index (χ1n) is 6.76. The van der Waals surface area contributed by atoms with Crippen LogP contribution in [0.3, 0.4) is 0 Å². The highest BCUT2D eigenvalue weighted by Gasteiger charge is 2.12. The molecule has 0 radical (unpaired) electrons. The molecule has 1 nitrogen and oxygen atoms in total. The number of rotatable bonds is 5. The van der Waals surface area contributed by atoms with Gasteiger partial charge in [0, 0.05) is 10.5 Å². The van der Waals surface area contributed by atoms with Crippen LogP contribution in [-0.4, -0.2) is 13.1 Å². The van der Waals surface area contributed by atoms with E-state index < -0.39 is 0 Å². The molecule has 3 heteroatoms. The van der Waals surface area contributed by atoms with Gasteiger partial charge in [0.1, 0.15) is 5.82 Å². The van der Waals surface area contributed by atoms with Crippen LogP contribution in [0.4, 0.5) is 4.39 Å². The first kappa shape index (κ1) is 15.2. The summed E-state index contributed by atoms with van der Waals surface area (Å²) >= 11 is 3.58. The predicted molar refractivity (Wildman–Crippen MR) is 85.5 cm³/mol. The fourth-order valence-electron chi connectivity index (χ4n) is 2.33. The number of halogens is 2. The Kier molecular flexibility index (Phi) is 5.32. The van der Waals surface area contributed by atoms with Gasteiger partial charge in [-0.3, -0.25) is 0 Å². The maximum absolute atomic E-state index is 13.4. The first-order valence-corrected chi connectivity index (χ1v) is 7.55. The van der Waals surface area contributed by atoms with E-state index in [-0.39, 0.29) is 11.9 Å². The molecule has 0 fully saturated rings. The Morgan fingerprint density at radius 2 is 1.80 bits per heavy atom. The van der Waals surface area contributed by atoms with E-state index >= 15 is 0 Å². The maximum Gasteiger partial charge on any atom is 0.123 e. The lowest BCUT2D eigenvalue weighted by Gasteiger charge is -2.18. The lowest BCUT2D eigenvalue weighted by atomic mass is 9.96. The van der Waals surface area contributed by atoms with Crippen LogP contribution in [0.5, 0.6) is 0 Å². The Balaban J connectivity index is 2.13. The molecular weight excluding hydrogens is 317 g/mol. The monoisotopic (exact) mass is 335 g/mol. The summed E-state index contributed by atoms with van der Waals surface area (Å²) in [5.41, 5.74) is 3.47. The normalized spacial score (nSPS) is 12.4. The number of aryl methyl sites for hydroxylation is 1. The van der Waals surface area contributed by atoms with Gasteiger partial charge in [0.15, 0.2) is 0 Å². The van der Waals surface area contributed by atoms with E-state index in [0.29, 0.717) is 0 Å². The molecule has 0 heterocycles. The smallest absolute Gasteiger partial charge is 0.123 e. The van der Waals surface area contributed by atoms with Crippen molar-refractivity contribution in [2.75, 3.05) is 7.05 Å². The highest BCUT2D eigenvalue weighted by atomic mass is 79.9. The molecule has 2 aromatic rings. The van der Waals surface area contributed by atoms with E-state index in [9.17, 15) is 4.39 Å². The zero-order valence-electron chi connectivity index (χ0n) is 11.8. The van der Waals surface area contributed by atoms with Gasteiger partial charge in [-0.05, 0) is 61.7 Å². The quantitative estimate of drug-likeness (QED) is 0.860. The fraction of sp³-hybridized carbons (Fsp3) is 0.294. The summed E-state index contributed by atoms with van der Waals surface area (Å²) in [4.78, 5) is 0. The largest absolute Gasteiger partial charge is 0.316 e. The van der Waals surface area contributed by atoms with Gasteiger partial charge in [0.25, 0.3) is 0 Å². The van der Waals surface area contributed by atoms with Crippen molar-refractivity contribution in [1.82, 2.24) is 5.32 Å². The first-order chi connectivity index (χ1) is 9.60. The molecule has 0 aliphatic heterocycles. The minimum Gasteiger partial charge on any atom is -0.316 e. The van der Waals surface area contributed by atoms with Crippen LogP contribution < -0.4 is 5.32 Å². The van der Waals surface area contributed by atoms with Crippen LogP contribution >= 0.6 is 15.9 Å². The summed E-state index contributed by atoms with van der Waals surface area (Å²) in [6.45, 7) is 2.03. The van der Waals surface area contributed by atoms with Crippen LogP contribution in [0.1, 0.15) is 16.7 Å². The van der Waals surface area contributed by atoms with Gasteiger partial charge in [-0.15, -0.1) is 0 Å². The lowest BCUT2D eigenvalue weighted by Crippen LogP contribution is -2.30. The van der Waals surface area contributed by atoms with Gasteiger partial charge in [-0.1, -0.05) is 40.2 Å². The molecule has 0 saturated heterocycles. The summed E-state index contributed by atoms with van der Waals surface area (Å²) in [6, 6.07) is 13.5. The van der Waals surface area contributed by atoms with Crippen molar-refractivity contribution < 1.29 is 4.39 Å². The van der Waals surface area contributed by atoms with E-state index in [4.69, 9.17) is 0 Å². The van der Waals surface area contributed by atoms with Gasteiger partial charge in [-0.25, -0.2) is 4.39 Å². The average molecular weight is 336 g/mol. The van der Waals surface area contributed by atoms with Crippen LogP contribution in [0, 0.1) is 12.7 Å². The van der Waals surface area contributed by atoms with Crippen molar-refractivity contribution in [3.8, 4) is 0 Å². The Labute approximate surface area is 128 Å². The number of likely N-dealkylation sites (N-methyl/N-ethyl adjacent to an activating group) is 1. The zero-order chi connectivity index (χ0) is 14.5. The standard InChI is InChI=1S/C17H19BrFN/c1-12-7-8-15(19)9-14(12)11-16(20-2)10-13-5-3-4-6-17(13)18/h3-9,16,20H,10-11H2,1-2H3. The molecule has 0 spiro atoms. The van der Waals surface area contributed by atoms with E-state index in [2.05, 4.69) is 33.4 Å². The molecule has 0 aromatic heterocycles. The number of nitrogens with one attached hydrogen (secondary N) is 1. The Morgan fingerprint density at radius 1 is 1.10 bits per heavy atom. The zero-order valence-corrected chi connectivity index (χ0v) is 13.4. The SMILES string of the molecule is CNC(Cc1cc(F)ccc1C)Cc1ccccc1Br. The summed E-state index contributed by atoms with van der Waals surface area (Å²) < 4.78 is 14.5. The van der Waals surface area contributed by atoms with E-state index in [0.717, 1.165) is 28.4 Å². The molecule has 2 rings (SSSR count). The van der Waals surface area contributed by atoms with Crippen LogP contribution in [-0.2, 0) is 12.8 Å². The number of hydrogen-bond donors (Lipinski definition) is 1. The Morgan fingerprint density at radius 3 is 2.50 bits per heavy atom. The molecule has 2 aromatic carbocycles. The topological polar surface area (TPSA) is 12.0 Å². The molecule has 0 aliphatic rings.